The van der Waals surface area contributed by atoms with Gasteiger partial charge in [-0.05, 0) is 41.8 Å². The minimum Gasteiger partial charge on any atom is -0.488 e. The maximum Gasteiger partial charge on any atom is 0.143 e. The summed E-state index contributed by atoms with van der Waals surface area (Å²) in [6.07, 6.45) is -0.249. The molecule has 4 aromatic carbocycles. The second kappa shape index (κ2) is 10.5. The van der Waals surface area contributed by atoms with Crippen LogP contribution in [-0.2, 0) is 10.3 Å². The van der Waals surface area contributed by atoms with Crippen LogP contribution in [0.4, 0.5) is 0 Å². The topological polar surface area (TPSA) is 42.2 Å². The summed E-state index contributed by atoms with van der Waals surface area (Å²) >= 11 is 3.44. The first kappa shape index (κ1) is 22.8. The van der Waals surface area contributed by atoms with E-state index in [1.165, 1.54) is 0 Å². The Labute approximate surface area is 203 Å². The van der Waals surface area contributed by atoms with Crippen molar-refractivity contribution < 1.29 is 9.47 Å². The normalized spacial score (nSPS) is 12.0. The first-order valence-electron chi connectivity index (χ1n) is 10.8. The van der Waals surface area contributed by atoms with Gasteiger partial charge in [-0.1, -0.05) is 107 Å². The predicted molar refractivity (Wildman–Crippen MR) is 134 cm³/mol. The summed E-state index contributed by atoms with van der Waals surface area (Å²) in [6, 6.07) is 38.3. The lowest BCUT2D eigenvalue weighted by Crippen LogP contribution is -2.36. The maximum absolute atomic E-state index is 9.26. The number of nitrogens with zero attached hydrogens (tertiary/aromatic N) is 1. The second-order valence-corrected chi connectivity index (χ2v) is 8.72. The molecule has 4 heteroatoms. The molecule has 33 heavy (non-hydrogen) atoms. The molecule has 1 unspecified atom stereocenters. The van der Waals surface area contributed by atoms with Gasteiger partial charge >= 0.3 is 0 Å². The zero-order valence-electron chi connectivity index (χ0n) is 18.3. The Morgan fingerprint density at radius 3 is 1.73 bits per heavy atom. The van der Waals surface area contributed by atoms with Crippen molar-refractivity contribution in [3.8, 4) is 11.8 Å². The standard InChI is InChI=1S/C29H24BrNO2/c1-22(33-28-18-23(20-31)17-27(30)19-28)21-32-29(24-11-5-2-6-12-24,25-13-7-3-8-14-25)26-15-9-4-10-16-26/h2-19,22H,21H2,1H3. The van der Waals surface area contributed by atoms with Crippen molar-refractivity contribution >= 4 is 15.9 Å². The second-order valence-electron chi connectivity index (χ2n) is 7.81. The van der Waals surface area contributed by atoms with Gasteiger partial charge in [0.15, 0.2) is 0 Å². The van der Waals surface area contributed by atoms with E-state index in [1.54, 1.807) is 12.1 Å². The van der Waals surface area contributed by atoms with Crippen LogP contribution >= 0.6 is 15.9 Å². The third kappa shape index (κ3) is 5.17. The van der Waals surface area contributed by atoms with Crippen LogP contribution < -0.4 is 4.74 Å². The van der Waals surface area contributed by atoms with E-state index in [4.69, 9.17) is 9.47 Å². The first-order chi connectivity index (χ1) is 16.1. The molecule has 0 aliphatic rings. The summed E-state index contributed by atoms with van der Waals surface area (Å²) in [4.78, 5) is 0. The fraction of sp³-hybridized carbons (Fsp3) is 0.138. The third-order valence-electron chi connectivity index (χ3n) is 5.41. The first-order valence-corrected chi connectivity index (χ1v) is 11.6. The SMILES string of the molecule is CC(COC(c1ccccc1)(c1ccccc1)c1ccccc1)Oc1cc(Br)cc(C#N)c1. The van der Waals surface area contributed by atoms with Crippen molar-refractivity contribution in [3.63, 3.8) is 0 Å². The third-order valence-corrected chi connectivity index (χ3v) is 5.87. The molecule has 0 bridgehead atoms. The quantitative estimate of drug-likeness (QED) is 0.244. The molecule has 0 fully saturated rings. The van der Waals surface area contributed by atoms with Crippen molar-refractivity contribution in [2.24, 2.45) is 0 Å². The van der Waals surface area contributed by atoms with E-state index in [9.17, 15) is 5.26 Å². The number of hydrogen-bond acceptors (Lipinski definition) is 3. The van der Waals surface area contributed by atoms with Crippen molar-refractivity contribution in [1.82, 2.24) is 0 Å². The molecular formula is C29H24BrNO2. The highest BCUT2D eigenvalue weighted by Gasteiger charge is 2.38. The highest BCUT2D eigenvalue weighted by Crippen LogP contribution is 2.40. The predicted octanol–water partition coefficient (Wildman–Crippen LogP) is 7.10. The van der Waals surface area contributed by atoms with Gasteiger partial charge in [-0.3, -0.25) is 0 Å². The van der Waals surface area contributed by atoms with Crippen LogP contribution in [0.15, 0.2) is 114 Å². The molecule has 0 heterocycles. The van der Waals surface area contributed by atoms with E-state index in [-0.39, 0.29) is 6.10 Å². The Morgan fingerprint density at radius 1 is 0.788 bits per heavy atom. The van der Waals surface area contributed by atoms with Gasteiger partial charge in [0.05, 0.1) is 18.2 Å². The lowest BCUT2D eigenvalue weighted by molar-refractivity contribution is -0.0256. The molecular weight excluding hydrogens is 474 g/mol. The largest absolute Gasteiger partial charge is 0.488 e. The smallest absolute Gasteiger partial charge is 0.143 e. The maximum atomic E-state index is 9.26. The van der Waals surface area contributed by atoms with E-state index >= 15 is 0 Å². The summed E-state index contributed by atoms with van der Waals surface area (Å²) in [6.45, 7) is 2.31. The zero-order chi connectivity index (χ0) is 23.1. The fourth-order valence-electron chi connectivity index (χ4n) is 3.97. The molecule has 0 radical (unpaired) electrons. The summed E-state index contributed by atoms with van der Waals surface area (Å²) in [7, 11) is 0. The zero-order valence-corrected chi connectivity index (χ0v) is 19.9. The molecule has 0 saturated heterocycles. The summed E-state index contributed by atoms with van der Waals surface area (Å²) in [5.74, 6) is 0.627. The number of rotatable bonds is 8. The summed E-state index contributed by atoms with van der Waals surface area (Å²) in [5.41, 5.74) is 2.88. The number of ether oxygens (including phenoxy) is 2. The Kier molecular flexibility index (Phi) is 7.24. The van der Waals surface area contributed by atoms with E-state index in [1.807, 2.05) is 67.6 Å². The van der Waals surface area contributed by atoms with Crippen molar-refractivity contribution in [3.05, 3.63) is 136 Å². The lowest BCUT2D eigenvalue weighted by Gasteiger charge is -2.36. The highest BCUT2D eigenvalue weighted by molar-refractivity contribution is 9.10. The number of benzene rings is 4. The van der Waals surface area contributed by atoms with E-state index in [2.05, 4.69) is 58.4 Å². The Morgan fingerprint density at radius 2 is 1.27 bits per heavy atom. The molecule has 0 amide bonds. The number of nitriles is 1. The average molecular weight is 498 g/mol. The fourth-order valence-corrected chi connectivity index (χ4v) is 4.44. The highest BCUT2D eigenvalue weighted by atomic mass is 79.9. The van der Waals surface area contributed by atoms with Crippen LogP contribution in [-0.4, -0.2) is 12.7 Å². The van der Waals surface area contributed by atoms with Gasteiger partial charge in [-0.2, -0.15) is 5.26 Å². The van der Waals surface area contributed by atoms with Crippen LogP contribution in [0.1, 0.15) is 29.2 Å². The molecule has 0 aliphatic heterocycles. The van der Waals surface area contributed by atoms with Gasteiger partial charge in [0, 0.05) is 4.47 Å². The Balaban J connectivity index is 1.70. The molecule has 164 valence electrons. The molecule has 4 aromatic rings. The summed E-state index contributed by atoms with van der Waals surface area (Å²) < 4.78 is 13.7. The minimum atomic E-state index is -0.795. The lowest BCUT2D eigenvalue weighted by atomic mass is 9.80. The van der Waals surface area contributed by atoms with E-state index in [0.717, 1.165) is 21.2 Å². The van der Waals surface area contributed by atoms with E-state index in [0.29, 0.717) is 17.9 Å². The summed E-state index contributed by atoms with van der Waals surface area (Å²) in [5, 5.41) is 9.26. The van der Waals surface area contributed by atoms with Gasteiger partial charge < -0.3 is 9.47 Å². The van der Waals surface area contributed by atoms with Crippen LogP contribution in [0.3, 0.4) is 0 Å². The minimum absolute atomic E-state index is 0.249. The molecule has 0 aromatic heterocycles. The van der Waals surface area contributed by atoms with Crippen molar-refractivity contribution in [2.75, 3.05) is 6.61 Å². The van der Waals surface area contributed by atoms with Gasteiger partial charge in [0.1, 0.15) is 17.5 Å². The van der Waals surface area contributed by atoms with Gasteiger partial charge in [0.2, 0.25) is 0 Å². The Bertz CT molecular complexity index is 1120. The number of halogens is 1. The van der Waals surface area contributed by atoms with Crippen LogP contribution in [0, 0.1) is 11.3 Å². The van der Waals surface area contributed by atoms with E-state index < -0.39 is 5.60 Å². The Hall–Kier alpha value is -3.39. The molecule has 0 saturated carbocycles. The van der Waals surface area contributed by atoms with Crippen LogP contribution in [0.2, 0.25) is 0 Å². The van der Waals surface area contributed by atoms with Crippen LogP contribution in [0.5, 0.6) is 5.75 Å². The number of hydrogen-bond donors (Lipinski definition) is 0. The molecule has 1 atom stereocenters. The van der Waals surface area contributed by atoms with Crippen molar-refractivity contribution in [2.45, 2.75) is 18.6 Å². The molecule has 0 spiro atoms. The van der Waals surface area contributed by atoms with Crippen LogP contribution in [0.25, 0.3) is 0 Å². The van der Waals surface area contributed by atoms with Gasteiger partial charge in [0.25, 0.3) is 0 Å². The molecule has 0 aliphatic carbocycles. The molecule has 3 nitrogen and oxygen atoms in total. The monoisotopic (exact) mass is 497 g/mol. The van der Waals surface area contributed by atoms with Crippen molar-refractivity contribution in [1.29, 1.82) is 5.26 Å². The van der Waals surface area contributed by atoms with Gasteiger partial charge in [-0.15, -0.1) is 0 Å². The average Bonchev–Trinajstić information content (AvgIpc) is 2.86. The molecule has 4 rings (SSSR count). The molecule has 0 N–H and O–H groups in total. The van der Waals surface area contributed by atoms with Gasteiger partial charge in [-0.25, -0.2) is 0 Å².